The Bertz CT molecular complexity index is 363. The highest BCUT2D eigenvalue weighted by Crippen LogP contribution is 2.18. The van der Waals surface area contributed by atoms with Crippen molar-refractivity contribution >= 4 is 17.4 Å². The summed E-state index contributed by atoms with van der Waals surface area (Å²) >= 11 is 1.20. The van der Waals surface area contributed by atoms with Crippen LogP contribution in [-0.2, 0) is 0 Å². The van der Waals surface area contributed by atoms with Gasteiger partial charge in [0, 0.05) is 13.1 Å². The van der Waals surface area contributed by atoms with Gasteiger partial charge in [-0.3, -0.25) is 4.79 Å². The van der Waals surface area contributed by atoms with Gasteiger partial charge in [0.15, 0.2) is 0 Å². The molecule has 82 valence electrons. The zero-order chi connectivity index (χ0) is 10.8. The van der Waals surface area contributed by atoms with Crippen LogP contribution >= 0.6 is 11.5 Å². The van der Waals surface area contributed by atoms with Gasteiger partial charge < -0.3 is 4.90 Å². The number of likely N-dealkylation sites (tertiary alicyclic amines) is 1. The van der Waals surface area contributed by atoms with Gasteiger partial charge in [0.1, 0.15) is 5.82 Å². The third-order valence-electron chi connectivity index (χ3n) is 2.65. The van der Waals surface area contributed by atoms with Crippen molar-refractivity contribution in [1.82, 2.24) is 14.3 Å². The zero-order valence-electron chi connectivity index (χ0n) is 9.06. The second-order valence-corrected chi connectivity index (χ2v) is 4.90. The van der Waals surface area contributed by atoms with Crippen LogP contribution in [0.15, 0.2) is 0 Å². The Morgan fingerprint density at radius 1 is 1.60 bits per heavy atom. The van der Waals surface area contributed by atoms with E-state index in [1.54, 1.807) is 0 Å². The lowest BCUT2D eigenvalue weighted by Crippen LogP contribution is -2.39. The minimum absolute atomic E-state index is 0.0483. The summed E-state index contributed by atoms with van der Waals surface area (Å²) in [6, 6.07) is 0. The molecule has 2 heterocycles. The van der Waals surface area contributed by atoms with Crippen molar-refractivity contribution in [2.24, 2.45) is 5.92 Å². The van der Waals surface area contributed by atoms with Crippen molar-refractivity contribution in [2.45, 2.75) is 26.7 Å². The standard InChI is InChI=1S/C10H15N3OS/c1-7-4-3-5-13(6-7)10(14)9-11-8(2)12-15-9/h7H,3-6H2,1-2H3/t7-/m0/s1. The monoisotopic (exact) mass is 225 g/mol. The largest absolute Gasteiger partial charge is 0.336 e. The maximum Gasteiger partial charge on any atom is 0.284 e. The van der Waals surface area contributed by atoms with Gasteiger partial charge >= 0.3 is 0 Å². The molecule has 1 atom stereocenters. The average molecular weight is 225 g/mol. The van der Waals surface area contributed by atoms with Crippen molar-refractivity contribution in [3.63, 3.8) is 0 Å². The van der Waals surface area contributed by atoms with Crippen LogP contribution in [0.4, 0.5) is 0 Å². The summed E-state index contributed by atoms with van der Waals surface area (Å²) in [5.74, 6) is 1.34. The highest BCUT2D eigenvalue weighted by atomic mass is 32.1. The van der Waals surface area contributed by atoms with Crippen molar-refractivity contribution < 1.29 is 4.79 Å². The number of aromatic nitrogens is 2. The van der Waals surface area contributed by atoms with Crippen LogP contribution in [-0.4, -0.2) is 33.3 Å². The molecule has 1 fully saturated rings. The number of piperidine rings is 1. The molecule has 4 nitrogen and oxygen atoms in total. The van der Waals surface area contributed by atoms with E-state index < -0.39 is 0 Å². The highest BCUT2D eigenvalue weighted by Gasteiger charge is 2.24. The molecule has 1 aliphatic rings. The van der Waals surface area contributed by atoms with Gasteiger partial charge in [-0.25, -0.2) is 4.98 Å². The Morgan fingerprint density at radius 3 is 3.00 bits per heavy atom. The molecule has 0 aliphatic carbocycles. The highest BCUT2D eigenvalue weighted by molar-refractivity contribution is 7.07. The molecule has 0 bridgehead atoms. The van der Waals surface area contributed by atoms with E-state index >= 15 is 0 Å². The quantitative estimate of drug-likeness (QED) is 0.731. The van der Waals surface area contributed by atoms with Crippen LogP contribution in [0.5, 0.6) is 0 Å². The summed E-state index contributed by atoms with van der Waals surface area (Å²) in [5, 5.41) is 0.529. The molecule has 0 radical (unpaired) electrons. The molecular weight excluding hydrogens is 210 g/mol. The first-order valence-corrected chi connectivity index (χ1v) is 6.03. The third kappa shape index (κ3) is 2.34. The SMILES string of the molecule is Cc1nsc(C(=O)N2CCC[C@H](C)C2)n1. The van der Waals surface area contributed by atoms with E-state index in [2.05, 4.69) is 16.3 Å². The van der Waals surface area contributed by atoms with E-state index in [0.29, 0.717) is 16.7 Å². The van der Waals surface area contributed by atoms with E-state index in [-0.39, 0.29) is 5.91 Å². The first-order valence-electron chi connectivity index (χ1n) is 5.26. The second-order valence-electron chi connectivity index (χ2n) is 4.15. The maximum atomic E-state index is 12.0. The zero-order valence-corrected chi connectivity index (χ0v) is 9.88. The molecule has 0 N–H and O–H groups in total. The Labute approximate surface area is 93.5 Å². The predicted octanol–water partition coefficient (Wildman–Crippen LogP) is 1.72. The minimum atomic E-state index is 0.0483. The fraction of sp³-hybridized carbons (Fsp3) is 0.700. The lowest BCUT2D eigenvalue weighted by Gasteiger charge is -2.30. The van der Waals surface area contributed by atoms with E-state index in [0.717, 1.165) is 19.5 Å². The molecule has 15 heavy (non-hydrogen) atoms. The van der Waals surface area contributed by atoms with Gasteiger partial charge in [-0.1, -0.05) is 6.92 Å². The molecule has 0 unspecified atom stereocenters. The van der Waals surface area contributed by atoms with Gasteiger partial charge in [-0.2, -0.15) is 4.37 Å². The van der Waals surface area contributed by atoms with E-state index in [1.165, 1.54) is 18.0 Å². The summed E-state index contributed by atoms with van der Waals surface area (Å²) in [4.78, 5) is 18.0. The summed E-state index contributed by atoms with van der Waals surface area (Å²) in [6.45, 7) is 5.72. The fourth-order valence-electron chi connectivity index (χ4n) is 1.89. The molecule has 1 aromatic rings. The first kappa shape index (κ1) is 10.5. The van der Waals surface area contributed by atoms with Crippen molar-refractivity contribution in [3.05, 3.63) is 10.8 Å². The summed E-state index contributed by atoms with van der Waals surface area (Å²) in [6.07, 6.45) is 2.32. The smallest absolute Gasteiger partial charge is 0.284 e. The van der Waals surface area contributed by atoms with Crippen LogP contribution in [0.3, 0.4) is 0 Å². The van der Waals surface area contributed by atoms with Gasteiger partial charge in [0.25, 0.3) is 5.91 Å². The summed E-state index contributed by atoms with van der Waals surface area (Å²) < 4.78 is 4.03. The molecule has 1 saturated heterocycles. The number of nitrogens with zero attached hydrogens (tertiary/aromatic N) is 3. The van der Waals surface area contributed by atoms with Crippen LogP contribution in [0.2, 0.25) is 0 Å². The van der Waals surface area contributed by atoms with Crippen molar-refractivity contribution in [1.29, 1.82) is 0 Å². The lowest BCUT2D eigenvalue weighted by atomic mass is 10.0. The van der Waals surface area contributed by atoms with E-state index in [9.17, 15) is 4.79 Å². The number of aryl methyl sites for hydroxylation is 1. The van der Waals surface area contributed by atoms with Crippen LogP contribution in [0.1, 0.15) is 35.4 Å². The number of carbonyl (C=O) groups excluding carboxylic acids is 1. The molecule has 0 saturated carbocycles. The van der Waals surface area contributed by atoms with Gasteiger partial charge in [-0.05, 0) is 37.2 Å². The fourth-order valence-corrected chi connectivity index (χ4v) is 2.53. The Balaban J connectivity index is 2.07. The van der Waals surface area contributed by atoms with E-state index in [4.69, 9.17) is 0 Å². The molecule has 0 spiro atoms. The second kappa shape index (κ2) is 4.26. The number of carbonyl (C=O) groups is 1. The van der Waals surface area contributed by atoms with Gasteiger partial charge in [0.2, 0.25) is 5.01 Å². The summed E-state index contributed by atoms with van der Waals surface area (Å²) in [7, 11) is 0. The maximum absolute atomic E-state index is 12.0. The topological polar surface area (TPSA) is 46.1 Å². The number of hydrogen-bond donors (Lipinski definition) is 0. The Kier molecular flexibility index (Phi) is 3.00. The van der Waals surface area contributed by atoms with Crippen LogP contribution in [0.25, 0.3) is 0 Å². The van der Waals surface area contributed by atoms with E-state index in [1.807, 2.05) is 11.8 Å². The first-order chi connectivity index (χ1) is 7.16. The lowest BCUT2D eigenvalue weighted by molar-refractivity contribution is 0.0682. The Morgan fingerprint density at radius 2 is 2.40 bits per heavy atom. The summed E-state index contributed by atoms with van der Waals surface area (Å²) in [5.41, 5.74) is 0. The van der Waals surface area contributed by atoms with Crippen LogP contribution < -0.4 is 0 Å². The predicted molar refractivity (Wildman–Crippen MR) is 58.9 cm³/mol. The number of amides is 1. The average Bonchev–Trinajstić information content (AvgIpc) is 2.64. The molecule has 1 aliphatic heterocycles. The van der Waals surface area contributed by atoms with Crippen molar-refractivity contribution in [2.75, 3.05) is 13.1 Å². The number of rotatable bonds is 1. The van der Waals surface area contributed by atoms with Gasteiger partial charge in [0.05, 0.1) is 0 Å². The third-order valence-corrected chi connectivity index (χ3v) is 3.45. The van der Waals surface area contributed by atoms with Crippen LogP contribution in [0, 0.1) is 12.8 Å². The minimum Gasteiger partial charge on any atom is -0.336 e. The normalized spacial score (nSPS) is 21.7. The molecule has 1 amide bonds. The molecule has 5 heteroatoms. The molecular formula is C10H15N3OS. The number of hydrogen-bond acceptors (Lipinski definition) is 4. The van der Waals surface area contributed by atoms with Gasteiger partial charge in [-0.15, -0.1) is 0 Å². The molecule has 1 aromatic heterocycles. The van der Waals surface area contributed by atoms with Crippen molar-refractivity contribution in [3.8, 4) is 0 Å². The molecule has 2 rings (SSSR count). The molecule has 0 aromatic carbocycles. The Hall–Kier alpha value is -0.970.